The van der Waals surface area contributed by atoms with Gasteiger partial charge in [0, 0.05) is 19.4 Å². The first-order valence-electron chi connectivity index (χ1n) is 6.04. The zero-order chi connectivity index (χ0) is 13.3. The maximum Gasteiger partial charge on any atom is 0.306 e. The molecule has 0 saturated carbocycles. The molecule has 3 N–H and O–H groups in total. The van der Waals surface area contributed by atoms with Gasteiger partial charge in [0.1, 0.15) is 5.60 Å². The number of hydrogen-bond acceptors (Lipinski definition) is 4. The predicted molar refractivity (Wildman–Crippen MR) is 66.4 cm³/mol. The molecule has 0 aliphatic carbocycles. The Balaban J connectivity index is 3.51. The summed E-state index contributed by atoms with van der Waals surface area (Å²) < 4.78 is 5.14. The fourth-order valence-corrected chi connectivity index (χ4v) is 1.20. The lowest BCUT2D eigenvalue weighted by atomic mass is 10.2. The summed E-state index contributed by atoms with van der Waals surface area (Å²) in [6.45, 7) is 6.52. The van der Waals surface area contributed by atoms with E-state index in [-0.39, 0.29) is 11.9 Å². The molecule has 0 heterocycles. The Morgan fingerprint density at radius 2 is 1.82 bits per heavy atom. The molecule has 0 atom stereocenters. The molecule has 0 saturated heterocycles. The Kier molecular flexibility index (Phi) is 7.54. The average molecular weight is 244 g/mol. The van der Waals surface area contributed by atoms with E-state index in [1.54, 1.807) is 0 Å². The largest absolute Gasteiger partial charge is 0.460 e. The Labute approximate surface area is 103 Å². The van der Waals surface area contributed by atoms with Gasteiger partial charge in [-0.1, -0.05) is 0 Å². The molecule has 0 aliphatic rings. The smallest absolute Gasteiger partial charge is 0.306 e. The van der Waals surface area contributed by atoms with Crippen LogP contribution in [0.4, 0.5) is 0 Å². The molecule has 0 fully saturated rings. The van der Waals surface area contributed by atoms with E-state index in [0.717, 1.165) is 0 Å². The van der Waals surface area contributed by atoms with Gasteiger partial charge in [0.15, 0.2) is 0 Å². The van der Waals surface area contributed by atoms with Gasteiger partial charge in [-0.3, -0.25) is 9.59 Å². The second kappa shape index (κ2) is 8.06. The van der Waals surface area contributed by atoms with E-state index in [9.17, 15) is 9.59 Å². The normalized spacial score (nSPS) is 11.1. The molecule has 1 amide bonds. The molecule has 0 aromatic carbocycles. The summed E-state index contributed by atoms with van der Waals surface area (Å²) in [7, 11) is 0. The summed E-state index contributed by atoms with van der Waals surface area (Å²) in [5.74, 6) is -0.242. The van der Waals surface area contributed by atoms with Gasteiger partial charge in [0.2, 0.25) is 5.91 Å². The predicted octanol–water partition coefficient (Wildman–Crippen LogP) is 0.963. The minimum Gasteiger partial charge on any atom is -0.460 e. The molecule has 17 heavy (non-hydrogen) atoms. The van der Waals surface area contributed by atoms with Gasteiger partial charge in [-0.15, -0.1) is 0 Å². The van der Waals surface area contributed by atoms with E-state index in [1.165, 1.54) is 0 Å². The summed E-state index contributed by atoms with van der Waals surface area (Å²) in [4.78, 5) is 22.5. The third-order valence-corrected chi connectivity index (χ3v) is 1.91. The van der Waals surface area contributed by atoms with Crippen LogP contribution < -0.4 is 11.1 Å². The quantitative estimate of drug-likeness (QED) is 0.516. The number of carbonyl (C=O) groups is 2. The topological polar surface area (TPSA) is 81.4 Å². The van der Waals surface area contributed by atoms with Crippen LogP contribution in [0.2, 0.25) is 0 Å². The molecule has 0 spiro atoms. The molecule has 0 bridgehead atoms. The molecule has 5 nitrogen and oxygen atoms in total. The molecule has 100 valence electrons. The van der Waals surface area contributed by atoms with Crippen molar-refractivity contribution in [1.82, 2.24) is 5.32 Å². The first kappa shape index (κ1) is 15.9. The van der Waals surface area contributed by atoms with Gasteiger partial charge >= 0.3 is 5.97 Å². The number of esters is 1. The fourth-order valence-electron chi connectivity index (χ4n) is 1.20. The van der Waals surface area contributed by atoms with E-state index in [0.29, 0.717) is 38.8 Å². The van der Waals surface area contributed by atoms with E-state index in [1.807, 2.05) is 20.8 Å². The van der Waals surface area contributed by atoms with Gasteiger partial charge in [0.25, 0.3) is 0 Å². The van der Waals surface area contributed by atoms with Crippen molar-refractivity contribution in [2.75, 3.05) is 13.1 Å². The highest BCUT2D eigenvalue weighted by atomic mass is 16.6. The summed E-state index contributed by atoms with van der Waals surface area (Å²) in [6.07, 6.45) is 2.07. The fraction of sp³-hybridized carbons (Fsp3) is 0.833. The van der Waals surface area contributed by atoms with Crippen LogP contribution in [0, 0.1) is 0 Å². The number of rotatable bonds is 7. The second-order valence-electron chi connectivity index (χ2n) is 4.93. The monoisotopic (exact) mass is 244 g/mol. The zero-order valence-electron chi connectivity index (χ0n) is 11.0. The number of nitrogens with two attached hydrogens (primary N) is 1. The third-order valence-electron chi connectivity index (χ3n) is 1.91. The van der Waals surface area contributed by atoms with Crippen molar-refractivity contribution < 1.29 is 14.3 Å². The molecule has 0 aromatic heterocycles. The molecule has 0 rings (SSSR count). The van der Waals surface area contributed by atoms with E-state index >= 15 is 0 Å². The molecular weight excluding hydrogens is 220 g/mol. The Hall–Kier alpha value is -1.10. The minimum atomic E-state index is -0.443. The van der Waals surface area contributed by atoms with Crippen LogP contribution in [-0.2, 0) is 14.3 Å². The molecule has 0 radical (unpaired) electrons. The summed E-state index contributed by atoms with van der Waals surface area (Å²) in [5.41, 5.74) is 4.85. The lowest BCUT2D eigenvalue weighted by molar-refractivity contribution is -0.155. The maximum absolute atomic E-state index is 11.3. The lowest BCUT2D eigenvalue weighted by Crippen LogP contribution is -2.27. The number of amides is 1. The highest BCUT2D eigenvalue weighted by Gasteiger charge is 2.15. The van der Waals surface area contributed by atoms with Gasteiger partial charge in [-0.05, 0) is 40.2 Å². The summed E-state index contributed by atoms with van der Waals surface area (Å²) >= 11 is 0. The van der Waals surface area contributed by atoms with Crippen molar-refractivity contribution in [3.8, 4) is 0 Å². The van der Waals surface area contributed by atoms with Crippen LogP contribution in [0.3, 0.4) is 0 Å². The van der Waals surface area contributed by atoms with Crippen molar-refractivity contribution >= 4 is 11.9 Å². The first-order chi connectivity index (χ1) is 7.85. The van der Waals surface area contributed by atoms with Crippen LogP contribution >= 0.6 is 0 Å². The van der Waals surface area contributed by atoms with Crippen molar-refractivity contribution in [1.29, 1.82) is 0 Å². The number of nitrogens with one attached hydrogen (secondary N) is 1. The SMILES string of the molecule is CC(C)(C)OC(=O)CCCNC(=O)CCCN. The van der Waals surface area contributed by atoms with Crippen LogP contribution in [0.5, 0.6) is 0 Å². The first-order valence-corrected chi connectivity index (χ1v) is 6.04. The number of carbonyl (C=O) groups excluding carboxylic acids is 2. The van der Waals surface area contributed by atoms with Gasteiger partial charge in [-0.2, -0.15) is 0 Å². The van der Waals surface area contributed by atoms with Crippen molar-refractivity contribution in [3.63, 3.8) is 0 Å². The molecule has 5 heteroatoms. The molecule has 0 aliphatic heterocycles. The average Bonchev–Trinajstić information content (AvgIpc) is 2.19. The Morgan fingerprint density at radius 1 is 1.18 bits per heavy atom. The molecular formula is C12H24N2O3. The zero-order valence-corrected chi connectivity index (χ0v) is 11.0. The van der Waals surface area contributed by atoms with E-state index in [4.69, 9.17) is 10.5 Å². The lowest BCUT2D eigenvalue weighted by Gasteiger charge is -2.19. The van der Waals surface area contributed by atoms with Crippen LogP contribution in [0.1, 0.15) is 46.5 Å². The molecule has 0 unspecified atom stereocenters. The van der Waals surface area contributed by atoms with Crippen molar-refractivity contribution in [2.24, 2.45) is 5.73 Å². The van der Waals surface area contributed by atoms with Crippen molar-refractivity contribution in [2.45, 2.75) is 52.1 Å². The standard InChI is InChI=1S/C12H24N2O3/c1-12(2,3)17-11(16)7-5-9-14-10(15)6-4-8-13/h4-9,13H2,1-3H3,(H,14,15). The highest BCUT2D eigenvalue weighted by molar-refractivity contribution is 5.76. The minimum absolute atomic E-state index is 0.0142. The van der Waals surface area contributed by atoms with Crippen LogP contribution in [-0.4, -0.2) is 30.6 Å². The van der Waals surface area contributed by atoms with Crippen LogP contribution in [0.15, 0.2) is 0 Å². The summed E-state index contributed by atoms with van der Waals surface area (Å²) in [6, 6.07) is 0. The van der Waals surface area contributed by atoms with Gasteiger partial charge in [0.05, 0.1) is 0 Å². The Bertz CT molecular complexity index is 247. The van der Waals surface area contributed by atoms with Crippen LogP contribution in [0.25, 0.3) is 0 Å². The third kappa shape index (κ3) is 11.2. The summed E-state index contributed by atoms with van der Waals surface area (Å²) in [5, 5.41) is 2.73. The van der Waals surface area contributed by atoms with Gasteiger partial charge in [-0.25, -0.2) is 0 Å². The van der Waals surface area contributed by atoms with E-state index < -0.39 is 5.60 Å². The molecule has 0 aromatic rings. The van der Waals surface area contributed by atoms with Gasteiger partial charge < -0.3 is 15.8 Å². The maximum atomic E-state index is 11.3. The van der Waals surface area contributed by atoms with Crippen molar-refractivity contribution in [3.05, 3.63) is 0 Å². The number of ether oxygens (including phenoxy) is 1. The highest BCUT2D eigenvalue weighted by Crippen LogP contribution is 2.08. The second-order valence-corrected chi connectivity index (χ2v) is 4.93. The van der Waals surface area contributed by atoms with E-state index in [2.05, 4.69) is 5.32 Å². The Morgan fingerprint density at radius 3 is 2.35 bits per heavy atom. The number of hydrogen-bond donors (Lipinski definition) is 2.